The molecule has 0 spiro atoms. The molecule has 0 radical (unpaired) electrons. The van der Waals surface area contributed by atoms with E-state index in [9.17, 15) is 9.18 Å². The highest BCUT2D eigenvalue weighted by molar-refractivity contribution is 6.31. The lowest BCUT2D eigenvalue weighted by Crippen LogP contribution is -2.11. The molecule has 0 saturated heterocycles. The number of hydrogen-bond acceptors (Lipinski definition) is 2. The second-order valence-corrected chi connectivity index (χ2v) is 4.78. The van der Waals surface area contributed by atoms with Crippen molar-refractivity contribution < 1.29 is 14.3 Å². The molecule has 0 aliphatic heterocycles. The summed E-state index contributed by atoms with van der Waals surface area (Å²) in [6.07, 6.45) is 2.07. The van der Waals surface area contributed by atoms with Crippen molar-refractivity contribution in [2.75, 3.05) is 0 Å². The van der Waals surface area contributed by atoms with Crippen molar-refractivity contribution in [3.63, 3.8) is 0 Å². The van der Waals surface area contributed by atoms with Crippen LogP contribution in [0.3, 0.4) is 0 Å². The van der Waals surface area contributed by atoms with Crippen molar-refractivity contribution in [1.82, 2.24) is 0 Å². The quantitative estimate of drug-likeness (QED) is 0.781. The minimum atomic E-state index is -0.806. The van der Waals surface area contributed by atoms with Crippen molar-refractivity contribution in [1.29, 1.82) is 0 Å². The van der Waals surface area contributed by atoms with Crippen LogP contribution in [0.4, 0.5) is 4.39 Å². The number of benzene rings is 1. The lowest BCUT2D eigenvalue weighted by atomic mass is 9.99. The Labute approximate surface area is 111 Å². The summed E-state index contributed by atoms with van der Waals surface area (Å²) in [5.74, 6) is -1.15. The van der Waals surface area contributed by atoms with Gasteiger partial charge in [-0.25, -0.2) is 4.39 Å². The van der Waals surface area contributed by atoms with E-state index in [0.29, 0.717) is 35.4 Å². The fourth-order valence-corrected chi connectivity index (χ4v) is 2.05. The van der Waals surface area contributed by atoms with Crippen LogP contribution in [0.5, 0.6) is 0 Å². The molecule has 3 nitrogen and oxygen atoms in total. The first kappa shape index (κ1) is 14.9. The third kappa shape index (κ3) is 4.27. The molecular weight excluding hydrogens is 257 g/mol. The van der Waals surface area contributed by atoms with E-state index in [4.69, 9.17) is 22.4 Å². The van der Waals surface area contributed by atoms with Crippen molar-refractivity contribution >= 4 is 17.6 Å². The number of halogens is 2. The van der Waals surface area contributed by atoms with Crippen LogP contribution >= 0.6 is 11.6 Å². The number of nitrogens with two attached hydrogens (primary N) is 1. The third-order valence-electron chi connectivity index (χ3n) is 2.83. The first-order chi connectivity index (χ1) is 8.41. The van der Waals surface area contributed by atoms with Crippen LogP contribution in [0.15, 0.2) is 12.1 Å². The van der Waals surface area contributed by atoms with Crippen molar-refractivity contribution in [2.24, 2.45) is 5.73 Å². The SMILES string of the molecule is Cc1cc(C(N)CCCCC(=O)O)c(Cl)cc1F. The second kappa shape index (κ2) is 6.71. The van der Waals surface area contributed by atoms with Crippen molar-refractivity contribution in [3.8, 4) is 0 Å². The predicted molar refractivity (Wildman–Crippen MR) is 69.2 cm³/mol. The van der Waals surface area contributed by atoms with Gasteiger partial charge in [0.1, 0.15) is 5.82 Å². The number of carbonyl (C=O) groups is 1. The Kier molecular flexibility index (Phi) is 5.56. The molecule has 0 aromatic heterocycles. The number of carboxylic acids is 1. The average Bonchev–Trinajstić information content (AvgIpc) is 2.28. The lowest BCUT2D eigenvalue weighted by molar-refractivity contribution is -0.137. The Morgan fingerprint density at radius 1 is 1.50 bits per heavy atom. The van der Waals surface area contributed by atoms with Crippen LogP contribution in [-0.2, 0) is 4.79 Å². The third-order valence-corrected chi connectivity index (χ3v) is 3.16. The van der Waals surface area contributed by atoms with Gasteiger partial charge >= 0.3 is 5.97 Å². The summed E-state index contributed by atoms with van der Waals surface area (Å²) in [7, 11) is 0. The zero-order valence-corrected chi connectivity index (χ0v) is 11.0. The molecular formula is C13H17ClFNO2. The smallest absolute Gasteiger partial charge is 0.303 e. The number of carboxylic acid groups (broad SMARTS) is 1. The maximum absolute atomic E-state index is 13.2. The average molecular weight is 274 g/mol. The molecule has 0 heterocycles. The van der Waals surface area contributed by atoms with Gasteiger partial charge in [-0.15, -0.1) is 0 Å². The van der Waals surface area contributed by atoms with Crippen LogP contribution in [-0.4, -0.2) is 11.1 Å². The summed E-state index contributed by atoms with van der Waals surface area (Å²) in [5.41, 5.74) is 7.20. The highest BCUT2D eigenvalue weighted by Gasteiger charge is 2.13. The fraction of sp³-hybridized carbons (Fsp3) is 0.462. The standard InChI is InChI=1S/C13H17ClFNO2/c1-8-6-9(10(14)7-11(8)15)12(16)4-2-3-5-13(17)18/h6-7,12H,2-5,16H2,1H3,(H,17,18). The molecule has 1 unspecified atom stereocenters. The van der Waals surface area contributed by atoms with Gasteiger partial charge in [0.25, 0.3) is 0 Å². The number of aliphatic carboxylic acids is 1. The molecule has 0 fully saturated rings. The molecule has 0 aliphatic rings. The van der Waals surface area contributed by atoms with Crippen molar-refractivity contribution in [2.45, 2.75) is 38.6 Å². The van der Waals surface area contributed by atoms with Gasteiger partial charge in [0.05, 0.1) is 0 Å². The Morgan fingerprint density at radius 2 is 2.17 bits per heavy atom. The fourth-order valence-electron chi connectivity index (χ4n) is 1.76. The van der Waals surface area contributed by atoms with E-state index in [-0.39, 0.29) is 18.3 Å². The summed E-state index contributed by atoms with van der Waals surface area (Å²) >= 11 is 5.95. The van der Waals surface area contributed by atoms with E-state index in [0.717, 1.165) is 0 Å². The van der Waals surface area contributed by atoms with Gasteiger partial charge in [-0.1, -0.05) is 24.1 Å². The molecule has 1 aromatic rings. The lowest BCUT2D eigenvalue weighted by Gasteiger charge is -2.14. The zero-order chi connectivity index (χ0) is 13.7. The van der Waals surface area contributed by atoms with Gasteiger partial charge in [-0.05, 0) is 37.0 Å². The van der Waals surface area contributed by atoms with Gasteiger partial charge in [-0.2, -0.15) is 0 Å². The van der Waals surface area contributed by atoms with Crippen molar-refractivity contribution in [3.05, 3.63) is 34.1 Å². The molecule has 1 atom stereocenters. The highest BCUT2D eigenvalue weighted by atomic mass is 35.5. The highest BCUT2D eigenvalue weighted by Crippen LogP contribution is 2.27. The van der Waals surface area contributed by atoms with Gasteiger partial charge in [-0.3, -0.25) is 4.79 Å². The molecule has 100 valence electrons. The van der Waals surface area contributed by atoms with E-state index in [1.54, 1.807) is 13.0 Å². The Bertz CT molecular complexity index is 437. The van der Waals surface area contributed by atoms with E-state index >= 15 is 0 Å². The summed E-state index contributed by atoms with van der Waals surface area (Å²) in [4.78, 5) is 10.4. The van der Waals surface area contributed by atoms with Crippen LogP contribution in [0.25, 0.3) is 0 Å². The first-order valence-corrected chi connectivity index (χ1v) is 6.22. The number of rotatable bonds is 6. The largest absolute Gasteiger partial charge is 0.481 e. The molecule has 3 N–H and O–H groups in total. The topological polar surface area (TPSA) is 63.3 Å². The normalized spacial score (nSPS) is 12.4. The number of hydrogen-bond donors (Lipinski definition) is 2. The Morgan fingerprint density at radius 3 is 2.78 bits per heavy atom. The van der Waals surface area contributed by atoms with Gasteiger partial charge in [0.2, 0.25) is 0 Å². The number of unbranched alkanes of at least 4 members (excludes halogenated alkanes) is 1. The van der Waals surface area contributed by atoms with E-state index < -0.39 is 5.97 Å². The van der Waals surface area contributed by atoms with Gasteiger partial charge in [0.15, 0.2) is 0 Å². The van der Waals surface area contributed by atoms with Crippen LogP contribution < -0.4 is 5.73 Å². The number of aryl methyl sites for hydroxylation is 1. The summed E-state index contributed by atoms with van der Waals surface area (Å²) < 4.78 is 13.2. The van der Waals surface area contributed by atoms with E-state index in [1.165, 1.54) is 6.07 Å². The maximum atomic E-state index is 13.2. The minimum Gasteiger partial charge on any atom is -0.481 e. The summed E-state index contributed by atoms with van der Waals surface area (Å²) in [6, 6.07) is 2.63. The van der Waals surface area contributed by atoms with Crippen LogP contribution in [0.1, 0.15) is 42.9 Å². The maximum Gasteiger partial charge on any atom is 0.303 e. The molecule has 0 bridgehead atoms. The Balaban J connectivity index is 2.58. The predicted octanol–water partition coefficient (Wildman–Crippen LogP) is 3.43. The minimum absolute atomic E-state index is 0.142. The molecule has 18 heavy (non-hydrogen) atoms. The van der Waals surface area contributed by atoms with E-state index in [2.05, 4.69) is 0 Å². The molecule has 5 heteroatoms. The van der Waals surface area contributed by atoms with Crippen LogP contribution in [0, 0.1) is 12.7 Å². The monoisotopic (exact) mass is 273 g/mol. The van der Waals surface area contributed by atoms with Gasteiger partial charge in [0, 0.05) is 17.5 Å². The molecule has 0 aliphatic carbocycles. The van der Waals surface area contributed by atoms with Crippen LogP contribution in [0.2, 0.25) is 5.02 Å². The Hall–Kier alpha value is -1.13. The molecule has 1 aromatic carbocycles. The molecule has 0 amide bonds. The van der Waals surface area contributed by atoms with E-state index in [1.807, 2.05) is 0 Å². The van der Waals surface area contributed by atoms with Gasteiger partial charge < -0.3 is 10.8 Å². The molecule has 0 saturated carbocycles. The molecule has 1 rings (SSSR count). The summed E-state index contributed by atoms with van der Waals surface area (Å²) in [5, 5.41) is 8.84. The second-order valence-electron chi connectivity index (χ2n) is 4.37. The first-order valence-electron chi connectivity index (χ1n) is 5.84. The summed E-state index contributed by atoms with van der Waals surface area (Å²) in [6.45, 7) is 1.66. The zero-order valence-electron chi connectivity index (χ0n) is 10.2.